The van der Waals surface area contributed by atoms with E-state index in [4.69, 9.17) is 0 Å². The number of aliphatic hydroxyl groups excluding tert-OH is 1. The minimum Gasteiger partial charge on any atom is -0.396 e. The van der Waals surface area contributed by atoms with Crippen LogP contribution < -0.4 is 10.6 Å². The number of aliphatic hydroxyl groups is 1. The van der Waals surface area contributed by atoms with Gasteiger partial charge in [-0.25, -0.2) is 4.98 Å². The Bertz CT molecular complexity index is 725. The van der Waals surface area contributed by atoms with Crippen molar-refractivity contribution in [1.82, 2.24) is 15.6 Å². The van der Waals surface area contributed by atoms with Crippen LogP contribution in [0.15, 0.2) is 40.7 Å². The van der Waals surface area contributed by atoms with Crippen LogP contribution in [0, 0.1) is 0 Å². The third-order valence-electron chi connectivity index (χ3n) is 3.78. The van der Waals surface area contributed by atoms with E-state index in [0.29, 0.717) is 37.0 Å². The predicted octanol–water partition coefficient (Wildman–Crippen LogP) is 3.65. The van der Waals surface area contributed by atoms with E-state index in [1.165, 1.54) is 0 Å². The van der Waals surface area contributed by atoms with Crippen LogP contribution in [-0.4, -0.2) is 42.3 Å². The van der Waals surface area contributed by atoms with Crippen molar-refractivity contribution in [2.75, 3.05) is 26.2 Å². The van der Waals surface area contributed by atoms with Crippen LogP contribution in [0.5, 0.6) is 0 Å². The Morgan fingerprint density at radius 1 is 1.25 bits per heavy atom. The highest BCUT2D eigenvalue weighted by molar-refractivity contribution is 14.0. The minimum atomic E-state index is -4.41. The number of thiazole rings is 1. The molecule has 0 fully saturated rings. The van der Waals surface area contributed by atoms with E-state index < -0.39 is 11.9 Å². The van der Waals surface area contributed by atoms with Gasteiger partial charge in [-0.05, 0) is 12.5 Å². The van der Waals surface area contributed by atoms with Crippen molar-refractivity contribution in [3.05, 3.63) is 52.0 Å². The quantitative estimate of drug-likeness (QED) is 0.278. The molecule has 0 aliphatic carbocycles. The zero-order valence-electron chi connectivity index (χ0n) is 15.4. The Labute approximate surface area is 183 Å². The zero-order chi connectivity index (χ0) is 19.7. The van der Waals surface area contributed by atoms with Gasteiger partial charge < -0.3 is 15.7 Å². The largest absolute Gasteiger partial charge is 0.434 e. The van der Waals surface area contributed by atoms with Gasteiger partial charge in [0.25, 0.3) is 0 Å². The average Bonchev–Trinajstić information content (AvgIpc) is 3.12. The molecule has 3 N–H and O–H groups in total. The second-order valence-corrected chi connectivity index (χ2v) is 6.75. The second kappa shape index (κ2) is 12.2. The third-order valence-corrected chi connectivity index (χ3v) is 4.69. The minimum absolute atomic E-state index is 0. The standard InChI is InChI=1S/C18H23F3N4OS.HI/c1-2-22-17(24-10-14(11-26)13-6-4-3-5-7-13)23-9-8-16-25-15(12-27-16)18(19,20)21;/h3-7,12,14,26H,2,8-11H2,1H3,(H2,22,23,24);1H. The smallest absolute Gasteiger partial charge is 0.396 e. The van der Waals surface area contributed by atoms with Crippen molar-refractivity contribution in [2.24, 2.45) is 4.99 Å². The van der Waals surface area contributed by atoms with Crippen LogP contribution in [0.3, 0.4) is 0 Å². The van der Waals surface area contributed by atoms with Crippen molar-refractivity contribution in [2.45, 2.75) is 25.4 Å². The fraction of sp³-hybridized carbons (Fsp3) is 0.444. The highest BCUT2D eigenvalue weighted by atomic mass is 127. The lowest BCUT2D eigenvalue weighted by Gasteiger charge is -2.15. The predicted molar refractivity (Wildman–Crippen MR) is 116 cm³/mol. The number of hydrogen-bond acceptors (Lipinski definition) is 4. The Morgan fingerprint density at radius 3 is 2.54 bits per heavy atom. The summed E-state index contributed by atoms with van der Waals surface area (Å²) in [6, 6.07) is 9.62. The van der Waals surface area contributed by atoms with E-state index in [1.54, 1.807) is 0 Å². The van der Waals surface area contributed by atoms with Gasteiger partial charge in [-0.3, -0.25) is 4.99 Å². The van der Waals surface area contributed by atoms with Gasteiger partial charge in [0.1, 0.15) is 0 Å². The first-order valence-corrected chi connectivity index (χ1v) is 9.51. The number of nitrogens with one attached hydrogen (secondary N) is 2. The van der Waals surface area contributed by atoms with Crippen molar-refractivity contribution in [3.8, 4) is 0 Å². The molecule has 28 heavy (non-hydrogen) atoms. The molecule has 1 aromatic carbocycles. The second-order valence-electron chi connectivity index (χ2n) is 5.81. The monoisotopic (exact) mass is 528 g/mol. The zero-order valence-corrected chi connectivity index (χ0v) is 18.5. The van der Waals surface area contributed by atoms with Crippen LogP contribution in [0.25, 0.3) is 0 Å². The van der Waals surface area contributed by atoms with Crippen molar-refractivity contribution >= 4 is 41.3 Å². The van der Waals surface area contributed by atoms with Crippen molar-refractivity contribution in [3.63, 3.8) is 0 Å². The van der Waals surface area contributed by atoms with Crippen LogP contribution in [0.2, 0.25) is 0 Å². The maximum absolute atomic E-state index is 12.6. The van der Waals surface area contributed by atoms with E-state index in [2.05, 4.69) is 20.6 Å². The van der Waals surface area contributed by atoms with Gasteiger partial charge in [0, 0.05) is 30.8 Å². The molecular formula is C18H24F3IN4OS. The van der Waals surface area contributed by atoms with Gasteiger partial charge in [-0.2, -0.15) is 13.2 Å². The molecule has 0 radical (unpaired) electrons. The molecule has 0 amide bonds. The molecule has 1 atom stereocenters. The number of guanidine groups is 1. The molecular weight excluding hydrogens is 504 g/mol. The van der Waals surface area contributed by atoms with Gasteiger partial charge in [0.05, 0.1) is 18.2 Å². The van der Waals surface area contributed by atoms with Crippen LogP contribution in [-0.2, 0) is 12.6 Å². The Kier molecular flexibility index (Phi) is 10.8. The number of rotatable bonds is 8. The fourth-order valence-corrected chi connectivity index (χ4v) is 3.19. The van der Waals surface area contributed by atoms with E-state index in [1.807, 2.05) is 37.3 Å². The average molecular weight is 528 g/mol. The molecule has 0 aliphatic rings. The molecule has 156 valence electrons. The highest BCUT2D eigenvalue weighted by Gasteiger charge is 2.33. The molecule has 0 spiro atoms. The fourth-order valence-electron chi connectivity index (χ4n) is 2.38. The summed E-state index contributed by atoms with van der Waals surface area (Å²) in [4.78, 5) is 8.09. The molecule has 0 aliphatic heterocycles. The number of benzene rings is 1. The SMILES string of the molecule is CCNC(=NCC(CO)c1ccccc1)NCCc1nc(C(F)(F)F)cs1.I. The first kappa shape index (κ1) is 24.6. The number of hydrogen-bond donors (Lipinski definition) is 3. The first-order valence-electron chi connectivity index (χ1n) is 8.63. The Balaban J connectivity index is 0.00000392. The summed E-state index contributed by atoms with van der Waals surface area (Å²) >= 11 is 0.996. The highest BCUT2D eigenvalue weighted by Crippen LogP contribution is 2.30. The van der Waals surface area contributed by atoms with E-state index >= 15 is 0 Å². The van der Waals surface area contributed by atoms with Gasteiger partial charge in [-0.1, -0.05) is 30.3 Å². The van der Waals surface area contributed by atoms with Crippen LogP contribution >= 0.6 is 35.3 Å². The van der Waals surface area contributed by atoms with Crippen LogP contribution in [0.1, 0.15) is 29.1 Å². The van der Waals surface area contributed by atoms with Crippen molar-refractivity contribution in [1.29, 1.82) is 0 Å². The van der Waals surface area contributed by atoms with Gasteiger partial charge in [0.15, 0.2) is 11.7 Å². The van der Waals surface area contributed by atoms with Gasteiger partial charge >= 0.3 is 6.18 Å². The molecule has 10 heteroatoms. The summed E-state index contributed by atoms with van der Waals surface area (Å²) in [6.07, 6.45) is -4.04. The van der Waals surface area contributed by atoms with Crippen molar-refractivity contribution < 1.29 is 18.3 Å². The van der Waals surface area contributed by atoms with Gasteiger partial charge in [0.2, 0.25) is 0 Å². The molecule has 2 aromatic rings. The molecule has 0 bridgehead atoms. The normalized spacial score (nSPS) is 13.0. The molecule has 0 saturated carbocycles. The van der Waals surface area contributed by atoms with Gasteiger partial charge in [-0.15, -0.1) is 35.3 Å². The molecule has 1 aromatic heterocycles. The lowest BCUT2D eigenvalue weighted by Crippen LogP contribution is -2.38. The Morgan fingerprint density at radius 2 is 1.96 bits per heavy atom. The maximum atomic E-state index is 12.6. The topological polar surface area (TPSA) is 69.5 Å². The summed E-state index contributed by atoms with van der Waals surface area (Å²) in [7, 11) is 0. The van der Waals surface area contributed by atoms with Crippen LogP contribution in [0.4, 0.5) is 13.2 Å². The summed E-state index contributed by atoms with van der Waals surface area (Å²) in [5.74, 6) is 0.439. The lowest BCUT2D eigenvalue weighted by atomic mass is 10.0. The number of nitrogens with zero attached hydrogens (tertiary/aromatic N) is 2. The van der Waals surface area contributed by atoms with E-state index in [0.717, 1.165) is 22.3 Å². The maximum Gasteiger partial charge on any atom is 0.434 e. The number of halogens is 4. The summed E-state index contributed by atoms with van der Waals surface area (Å²) in [5.41, 5.74) is 0.152. The Hall–Kier alpha value is -1.40. The van der Waals surface area contributed by atoms with E-state index in [9.17, 15) is 18.3 Å². The lowest BCUT2D eigenvalue weighted by molar-refractivity contribution is -0.140. The third kappa shape index (κ3) is 7.92. The first-order chi connectivity index (χ1) is 12.9. The number of aliphatic imine (C=N–C) groups is 1. The molecule has 2 rings (SSSR count). The van der Waals surface area contributed by atoms with E-state index in [-0.39, 0.29) is 36.5 Å². The summed E-state index contributed by atoms with van der Waals surface area (Å²) in [6.45, 7) is 3.36. The number of aromatic nitrogens is 1. The summed E-state index contributed by atoms with van der Waals surface area (Å²) < 4.78 is 37.7. The molecule has 1 heterocycles. The summed E-state index contributed by atoms with van der Waals surface area (Å²) in [5, 5.41) is 17.2. The number of alkyl halides is 3. The molecule has 0 saturated heterocycles. The molecule has 5 nitrogen and oxygen atoms in total. The molecule has 1 unspecified atom stereocenters.